The second-order valence-corrected chi connectivity index (χ2v) is 3.92. The molecular formula is C13H7F2N3O. The Morgan fingerprint density at radius 1 is 1.11 bits per heavy atom. The first-order valence-electron chi connectivity index (χ1n) is 5.44. The van der Waals surface area contributed by atoms with Crippen molar-refractivity contribution in [2.24, 2.45) is 0 Å². The molecule has 1 aromatic carbocycles. The van der Waals surface area contributed by atoms with Gasteiger partial charge in [0.05, 0.1) is 11.9 Å². The van der Waals surface area contributed by atoms with Gasteiger partial charge < -0.3 is 0 Å². The first kappa shape index (κ1) is 11.5. The third kappa shape index (κ3) is 1.87. The Morgan fingerprint density at radius 3 is 2.68 bits per heavy atom. The maximum Gasteiger partial charge on any atom is 0.170 e. The van der Waals surface area contributed by atoms with Crippen LogP contribution in [0.1, 0.15) is 10.5 Å². The molecule has 3 aromatic rings. The smallest absolute Gasteiger partial charge is 0.170 e. The summed E-state index contributed by atoms with van der Waals surface area (Å²) in [6.07, 6.45) is 2.02. The van der Waals surface area contributed by atoms with Crippen LogP contribution in [0.5, 0.6) is 0 Å². The third-order valence-electron chi connectivity index (χ3n) is 2.72. The monoisotopic (exact) mass is 259 g/mol. The van der Waals surface area contributed by atoms with E-state index in [0.717, 1.165) is 12.1 Å². The van der Waals surface area contributed by atoms with E-state index in [1.165, 1.54) is 16.8 Å². The van der Waals surface area contributed by atoms with E-state index in [2.05, 4.69) is 10.1 Å². The highest BCUT2D eigenvalue weighted by Crippen LogP contribution is 2.20. The van der Waals surface area contributed by atoms with Crippen LogP contribution < -0.4 is 0 Å². The summed E-state index contributed by atoms with van der Waals surface area (Å²) >= 11 is 0. The number of aromatic nitrogens is 3. The van der Waals surface area contributed by atoms with Gasteiger partial charge in [0.25, 0.3) is 0 Å². The van der Waals surface area contributed by atoms with Gasteiger partial charge in [-0.15, -0.1) is 0 Å². The minimum absolute atomic E-state index is 0.291. The van der Waals surface area contributed by atoms with Crippen molar-refractivity contribution in [3.05, 3.63) is 53.9 Å². The summed E-state index contributed by atoms with van der Waals surface area (Å²) in [5.41, 5.74) is 1.65. The van der Waals surface area contributed by atoms with E-state index in [0.29, 0.717) is 28.9 Å². The average molecular weight is 259 g/mol. The van der Waals surface area contributed by atoms with Gasteiger partial charge in [-0.25, -0.2) is 18.3 Å². The molecule has 2 heterocycles. The minimum Gasteiger partial charge on any atom is -0.296 e. The third-order valence-corrected chi connectivity index (χ3v) is 2.72. The molecule has 0 amide bonds. The number of fused-ring (bicyclic) bond motifs is 1. The fourth-order valence-corrected chi connectivity index (χ4v) is 1.78. The van der Waals surface area contributed by atoms with E-state index in [1.54, 1.807) is 12.1 Å². The molecule has 0 aliphatic heterocycles. The molecule has 0 saturated carbocycles. The molecule has 6 heteroatoms. The van der Waals surface area contributed by atoms with Gasteiger partial charge in [-0.05, 0) is 30.3 Å². The number of imidazole rings is 1. The number of hydrogen-bond acceptors (Lipinski definition) is 3. The molecule has 2 aromatic heterocycles. The highest BCUT2D eigenvalue weighted by atomic mass is 19.2. The molecule has 0 bridgehead atoms. The summed E-state index contributed by atoms with van der Waals surface area (Å²) in [6, 6.07) is 6.79. The zero-order chi connectivity index (χ0) is 13.4. The largest absolute Gasteiger partial charge is 0.296 e. The molecular weight excluding hydrogens is 252 g/mol. The van der Waals surface area contributed by atoms with Gasteiger partial charge in [-0.2, -0.15) is 5.10 Å². The summed E-state index contributed by atoms with van der Waals surface area (Å²) in [7, 11) is 0. The van der Waals surface area contributed by atoms with Crippen molar-refractivity contribution in [1.29, 1.82) is 0 Å². The summed E-state index contributed by atoms with van der Waals surface area (Å²) in [5.74, 6) is -1.86. The molecule has 19 heavy (non-hydrogen) atoms. The lowest BCUT2D eigenvalue weighted by Gasteiger charge is -2.03. The van der Waals surface area contributed by atoms with E-state index in [4.69, 9.17) is 0 Å². The highest BCUT2D eigenvalue weighted by Gasteiger charge is 2.08. The average Bonchev–Trinajstić information content (AvgIpc) is 2.84. The number of carbonyl (C=O) groups excluding carboxylic acids is 1. The van der Waals surface area contributed by atoms with Gasteiger partial charge in [0.2, 0.25) is 0 Å². The maximum atomic E-state index is 13.2. The van der Waals surface area contributed by atoms with Gasteiger partial charge in [0.15, 0.2) is 23.6 Å². The van der Waals surface area contributed by atoms with E-state index in [1.807, 2.05) is 0 Å². The van der Waals surface area contributed by atoms with Crippen LogP contribution in [0.3, 0.4) is 0 Å². The second kappa shape index (κ2) is 4.24. The maximum absolute atomic E-state index is 13.2. The molecule has 0 saturated heterocycles. The summed E-state index contributed by atoms with van der Waals surface area (Å²) in [6.45, 7) is 0. The first-order chi connectivity index (χ1) is 9.19. The van der Waals surface area contributed by atoms with Crippen LogP contribution in [-0.2, 0) is 0 Å². The summed E-state index contributed by atoms with van der Waals surface area (Å²) < 4.78 is 27.4. The fraction of sp³-hybridized carbons (Fsp3) is 0. The fourth-order valence-electron chi connectivity index (χ4n) is 1.78. The van der Waals surface area contributed by atoms with Crippen molar-refractivity contribution in [2.45, 2.75) is 0 Å². The van der Waals surface area contributed by atoms with E-state index in [-0.39, 0.29) is 0 Å². The molecule has 0 fully saturated rings. The first-order valence-corrected chi connectivity index (χ1v) is 5.44. The van der Waals surface area contributed by atoms with E-state index >= 15 is 0 Å². The van der Waals surface area contributed by atoms with Crippen molar-refractivity contribution >= 4 is 11.9 Å². The van der Waals surface area contributed by atoms with Crippen LogP contribution in [0, 0.1) is 11.6 Å². The van der Waals surface area contributed by atoms with Crippen molar-refractivity contribution in [1.82, 2.24) is 14.6 Å². The quantitative estimate of drug-likeness (QED) is 0.664. The number of nitrogens with zero attached hydrogens (tertiary/aromatic N) is 3. The normalized spacial score (nSPS) is 10.8. The number of halogens is 2. The predicted octanol–water partition coefficient (Wildman–Crippen LogP) is 2.49. The zero-order valence-corrected chi connectivity index (χ0v) is 9.55. The van der Waals surface area contributed by atoms with Gasteiger partial charge in [0, 0.05) is 5.56 Å². The van der Waals surface area contributed by atoms with Gasteiger partial charge in [-0.3, -0.25) is 4.79 Å². The van der Waals surface area contributed by atoms with Crippen LogP contribution >= 0.6 is 0 Å². The summed E-state index contributed by atoms with van der Waals surface area (Å²) in [4.78, 5) is 14.8. The molecule has 94 valence electrons. The predicted molar refractivity (Wildman–Crippen MR) is 63.7 cm³/mol. The lowest BCUT2D eigenvalue weighted by Crippen LogP contribution is -1.98. The van der Waals surface area contributed by atoms with Crippen molar-refractivity contribution in [3.8, 4) is 11.3 Å². The number of aldehydes is 1. The second-order valence-electron chi connectivity index (χ2n) is 3.92. The number of benzene rings is 1. The lowest BCUT2D eigenvalue weighted by atomic mass is 10.1. The van der Waals surface area contributed by atoms with Gasteiger partial charge in [0.1, 0.15) is 5.69 Å². The number of rotatable bonds is 2. The van der Waals surface area contributed by atoms with Gasteiger partial charge in [-0.1, -0.05) is 0 Å². The molecule has 0 aliphatic carbocycles. The van der Waals surface area contributed by atoms with Crippen molar-refractivity contribution in [3.63, 3.8) is 0 Å². The Kier molecular flexibility index (Phi) is 2.56. The van der Waals surface area contributed by atoms with Crippen LogP contribution in [0.2, 0.25) is 0 Å². The van der Waals surface area contributed by atoms with Gasteiger partial charge >= 0.3 is 0 Å². The molecule has 0 radical (unpaired) electrons. The Morgan fingerprint density at radius 2 is 1.95 bits per heavy atom. The number of hydrogen-bond donors (Lipinski definition) is 0. The molecule has 3 rings (SSSR count). The standard InChI is InChI=1S/C13H7F2N3O/c14-10-2-1-8(5-11(10)15)12-3-4-13-16-6-9(7-19)18(13)17-12/h1-7H. The minimum atomic E-state index is -0.944. The molecule has 4 nitrogen and oxygen atoms in total. The van der Waals surface area contributed by atoms with Crippen LogP contribution in [0.25, 0.3) is 16.9 Å². The van der Waals surface area contributed by atoms with Crippen molar-refractivity contribution < 1.29 is 13.6 Å². The summed E-state index contributed by atoms with van der Waals surface area (Å²) in [5, 5.41) is 4.18. The Bertz CT molecular complexity index is 783. The topological polar surface area (TPSA) is 47.3 Å². The number of carbonyl (C=O) groups is 1. The van der Waals surface area contributed by atoms with E-state index < -0.39 is 11.6 Å². The van der Waals surface area contributed by atoms with Crippen molar-refractivity contribution in [2.75, 3.05) is 0 Å². The van der Waals surface area contributed by atoms with E-state index in [9.17, 15) is 13.6 Å². The Labute approximate surface area is 106 Å². The Balaban J connectivity index is 2.18. The highest BCUT2D eigenvalue weighted by molar-refractivity contribution is 5.74. The molecule has 0 spiro atoms. The van der Waals surface area contributed by atoms with Crippen LogP contribution in [0.15, 0.2) is 36.5 Å². The Hall–Kier alpha value is -2.63. The molecule has 0 atom stereocenters. The van der Waals surface area contributed by atoms with Crippen LogP contribution in [-0.4, -0.2) is 20.9 Å². The van der Waals surface area contributed by atoms with Crippen LogP contribution in [0.4, 0.5) is 8.78 Å². The lowest BCUT2D eigenvalue weighted by molar-refractivity contribution is 0.111. The SMILES string of the molecule is O=Cc1cnc2ccc(-c3ccc(F)c(F)c3)nn12. The zero-order valence-electron chi connectivity index (χ0n) is 9.55. The molecule has 0 unspecified atom stereocenters. The molecule has 0 aliphatic rings. The molecule has 0 N–H and O–H groups in total.